The highest BCUT2D eigenvalue weighted by atomic mass is 16.5. The standard InChI is InChI=1S/C19H34N2O3/c1-17(2)12-19(16(23)24-6,13-18(3,4)21(17)5)20-15(22)14-10-8-7-9-11-14/h14H,7-13H2,1-6H3,(H,20,22). The molecule has 0 unspecified atom stereocenters. The smallest absolute Gasteiger partial charge is 0.331 e. The molecule has 0 aromatic rings. The van der Waals surface area contributed by atoms with Crippen LogP contribution in [0.2, 0.25) is 0 Å². The van der Waals surface area contributed by atoms with E-state index in [1.807, 2.05) is 0 Å². The SMILES string of the molecule is COC(=O)C1(NC(=O)C2CCCCC2)CC(C)(C)N(C)C(C)(C)C1. The zero-order valence-corrected chi connectivity index (χ0v) is 16.2. The number of hydrogen-bond donors (Lipinski definition) is 1. The number of hydrogen-bond acceptors (Lipinski definition) is 4. The molecule has 5 nitrogen and oxygen atoms in total. The zero-order valence-electron chi connectivity index (χ0n) is 16.2. The molecule has 2 rings (SSSR count). The second kappa shape index (κ2) is 6.66. The summed E-state index contributed by atoms with van der Waals surface area (Å²) in [5.41, 5.74) is -1.37. The van der Waals surface area contributed by atoms with Gasteiger partial charge in [-0.1, -0.05) is 19.3 Å². The number of carbonyl (C=O) groups excluding carboxylic acids is 2. The number of esters is 1. The van der Waals surface area contributed by atoms with Gasteiger partial charge in [0.25, 0.3) is 0 Å². The maximum Gasteiger partial charge on any atom is 0.331 e. The van der Waals surface area contributed by atoms with E-state index in [0.717, 1.165) is 25.7 Å². The number of amides is 1. The van der Waals surface area contributed by atoms with Gasteiger partial charge in [0.05, 0.1) is 7.11 Å². The van der Waals surface area contributed by atoms with E-state index in [1.165, 1.54) is 13.5 Å². The zero-order chi connectivity index (χ0) is 18.2. The largest absolute Gasteiger partial charge is 0.467 e. The Bertz CT molecular complexity index is 475. The Kier molecular flexibility index (Phi) is 5.34. The van der Waals surface area contributed by atoms with Crippen molar-refractivity contribution in [2.75, 3.05) is 14.2 Å². The van der Waals surface area contributed by atoms with Crippen molar-refractivity contribution in [3.8, 4) is 0 Å². The second-order valence-corrected chi connectivity index (χ2v) is 8.94. The first-order chi connectivity index (χ1) is 11.0. The van der Waals surface area contributed by atoms with Crippen LogP contribution >= 0.6 is 0 Å². The van der Waals surface area contributed by atoms with Gasteiger partial charge in [-0.05, 0) is 60.4 Å². The fraction of sp³-hybridized carbons (Fsp3) is 0.895. The molecule has 0 atom stereocenters. The summed E-state index contributed by atoms with van der Waals surface area (Å²) in [6.45, 7) is 8.49. The Morgan fingerprint density at radius 2 is 1.50 bits per heavy atom. The Labute approximate surface area is 146 Å². The van der Waals surface area contributed by atoms with Gasteiger partial charge >= 0.3 is 5.97 Å². The molecule has 0 radical (unpaired) electrons. The lowest BCUT2D eigenvalue weighted by molar-refractivity contribution is -0.162. The fourth-order valence-electron chi connectivity index (χ4n) is 4.78. The Balaban J connectivity index is 2.29. The third-order valence-electron chi connectivity index (χ3n) is 6.20. The molecule has 0 bridgehead atoms. The summed E-state index contributed by atoms with van der Waals surface area (Å²) >= 11 is 0. The first kappa shape index (κ1) is 19.2. The molecule has 0 spiro atoms. The molecule has 1 saturated carbocycles. The van der Waals surface area contributed by atoms with Crippen molar-refractivity contribution >= 4 is 11.9 Å². The number of likely N-dealkylation sites (tertiary alicyclic amines) is 1. The number of methoxy groups -OCH3 is 1. The molecule has 1 saturated heterocycles. The van der Waals surface area contributed by atoms with Crippen LogP contribution in [0.1, 0.15) is 72.6 Å². The van der Waals surface area contributed by atoms with Gasteiger partial charge in [-0.2, -0.15) is 0 Å². The fourth-order valence-corrected chi connectivity index (χ4v) is 4.78. The second-order valence-electron chi connectivity index (χ2n) is 8.94. The molecule has 2 fully saturated rings. The first-order valence-electron chi connectivity index (χ1n) is 9.18. The van der Waals surface area contributed by atoms with Crippen LogP contribution in [0.15, 0.2) is 0 Å². The van der Waals surface area contributed by atoms with Gasteiger partial charge in [0.1, 0.15) is 5.54 Å². The van der Waals surface area contributed by atoms with Crippen LogP contribution in [0.4, 0.5) is 0 Å². The summed E-state index contributed by atoms with van der Waals surface area (Å²) in [5.74, 6) is -0.261. The normalized spacial score (nSPS) is 26.6. The molecular formula is C19H34N2O3. The van der Waals surface area contributed by atoms with Gasteiger partial charge < -0.3 is 10.1 Å². The molecule has 1 aliphatic heterocycles. The van der Waals surface area contributed by atoms with Crippen LogP contribution < -0.4 is 5.32 Å². The number of carbonyl (C=O) groups is 2. The van der Waals surface area contributed by atoms with E-state index in [9.17, 15) is 9.59 Å². The van der Waals surface area contributed by atoms with Crippen LogP contribution in [0, 0.1) is 5.92 Å². The van der Waals surface area contributed by atoms with Crippen LogP contribution in [0.3, 0.4) is 0 Å². The van der Waals surface area contributed by atoms with Gasteiger partial charge in [-0.25, -0.2) is 4.79 Å². The first-order valence-corrected chi connectivity index (χ1v) is 9.18. The summed E-state index contributed by atoms with van der Waals surface area (Å²) in [6.07, 6.45) is 6.38. The molecule has 1 aliphatic carbocycles. The number of ether oxygens (including phenoxy) is 1. The van der Waals surface area contributed by atoms with Gasteiger partial charge in [0.15, 0.2) is 0 Å². The molecule has 1 heterocycles. The highest BCUT2D eigenvalue weighted by Crippen LogP contribution is 2.43. The lowest BCUT2D eigenvalue weighted by atomic mass is 9.69. The van der Waals surface area contributed by atoms with E-state index >= 15 is 0 Å². The minimum atomic E-state index is -0.942. The maximum absolute atomic E-state index is 12.9. The third-order valence-corrected chi connectivity index (χ3v) is 6.20. The van der Waals surface area contributed by atoms with Gasteiger partial charge in [0, 0.05) is 17.0 Å². The number of rotatable bonds is 3. The van der Waals surface area contributed by atoms with Crippen LogP contribution in [0.5, 0.6) is 0 Å². The Morgan fingerprint density at radius 1 is 1.00 bits per heavy atom. The predicted molar refractivity (Wildman–Crippen MR) is 94.6 cm³/mol. The summed E-state index contributed by atoms with van der Waals surface area (Å²) in [5, 5.41) is 3.14. The minimum absolute atomic E-state index is 0.0243. The lowest BCUT2D eigenvalue weighted by Gasteiger charge is -2.57. The molecule has 1 N–H and O–H groups in total. The maximum atomic E-state index is 12.9. The average molecular weight is 338 g/mol. The number of nitrogens with zero attached hydrogens (tertiary/aromatic N) is 1. The summed E-state index contributed by atoms with van der Waals surface area (Å²) in [6, 6.07) is 0. The van der Waals surface area contributed by atoms with E-state index in [0.29, 0.717) is 12.8 Å². The molecule has 138 valence electrons. The van der Waals surface area contributed by atoms with E-state index in [4.69, 9.17) is 4.74 Å². The highest BCUT2D eigenvalue weighted by Gasteiger charge is 2.56. The van der Waals surface area contributed by atoms with Crippen molar-refractivity contribution in [2.24, 2.45) is 5.92 Å². The topological polar surface area (TPSA) is 58.6 Å². The van der Waals surface area contributed by atoms with Gasteiger partial charge in [0.2, 0.25) is 5.91 Å². The average Bonchev–Trinajstić information content (AvgIpc) is 2.52. The predicted octanol–water partition coefficient (Wildman–Crippen LogP) is 2.88. The van der Waals surface area contributed by atoms with Crippen molar-refractivity contribution in [3.05, 3.63) is 0 Å². The van der Waals surface area contributed by atoms with E-state index < -0.39 is 5.54 Å². The van der Waals surface area contributed by atoms with Gasteiger partial charge in [-0.15, -0.1) is 0 Å². The number of nitrogens with one attached hydrogen (secondary N) is 1. The van der Waals surface area contributed by atoms with Crippen molar-refractivity contribution in [1.29, 1.82) is 0 Å². The lowest BCUT2D eigenvalue weighted by Crippen LogP contribution is -2.71. The Morgan fingerprint density at radius 3 is 1.96 bits per heavy atom. The molecular weight excluding hydrogens is 304 g/mol. The van der Waals surface area contributed by atoms with E-state index in [1.54, 1.807) is 0 Å². The monoisotopic (exact) mass is 338 g/mol. The van der Waals surface area contributed by atoms with E-state index in [-0.39, 0.29) is 28.9 Å². The van der Waals surface area contributed by atoms with Crippen LogP contribution in [-0.2, 0) is 14.3 Å². The molecule has 24 heavy (non-hydrogen) atoms. The highest BCUT2D eigenvalue weighted by molar-refractivity contribution is 5.89. The number of piperidine rings is 1. The minimum Gasteiger partial charge on any atom is -0.467 e. The Hall–Kier alpha value is -1.10. The van der Waals surface area contributed by atoms with Crippen molar-refractivity contribution < 1.29 is 14.3 Å². The van der Waals surface area contributed by atoms with Crippen molar-refractivity contribution in [1.82, 2.24) is 10.2 Å². The van der Waals surface area contributed by atoms with Crippen molar-refractivity contribution in [3.63, 3.8) is 0 Å². The molecule has 5 heteroatoms. The summed E-state index contributed by atoms with van der Waals surface area (Å²) in [7, 11) is 3.50. The quantitative estimate of drug-likeness (QED) is 0.804. The van der Waals surface area contributed by atoms with Crippen LogP contribution in [-0.4, -0.2) is 47.6 Å². The third kappa shape index (κ3) is 3.61. The van der Waals surface area contributed by atoms with Crippen molar-refractivity contribution in [2.45, 2.75) is 89.3 Å². The van der Waals surface area contributed by atoms with Gasteiger partial charge in [-0.3, -0.25) is 9.69 Å². The molecule has 0 aromatic carbocycles. The molecule has 2 aliphatic rings. The van der Waals surface area contributed by atoms with E-state index in [2.05, 4.69) is 45.0 Å². The molecule has 1 amide bonds. The van der Waals surface area contributed by atoms with Crippen LogP contribution in [0.25, 0.3) is 0 Å². The summed E-state index contributed by atoms with van der Waals surface area (Å²) in [4.78, 5) is 27.9. The summed E-state index contributed by atoms with van der Waals surface area (Å²) < 4.78 is 5.13. The molecule has 0 aromatic heterocycles.